The van der Waals surface area contributed by atoms with Crippen LogP contribution in [0.5, 0.6) is 0 Å². The molecule has 2 atom stereocenters. The number of amides is 1. The number of aliphatic hydroxyl groups excluding tert-OH is 1. The Morgan fingerprint density at radius 2 is 2.03 bits per heavy atom. The second-order valence-corrected chi connectivity index (χ2v) is 7.67. The maximum absolute atomic E-state index is 13.5. The highest BCUT2D eigenvalue weighted by atomic mass is 19.4. The molecular weight excluding hydrogens is 387 g/mol. The number of aliphatic hydroxyl groups is 1. The fourth-order valence-electron chi connectivity index (χ4n) is 3.98. The van der Waals surface area contributed by atoms with Gasteiger partial charge in [-0.2, -0.15) is 13.2 Å². The molecule has 10 heteroatoms. The average molecular weight is 407 g/mol. The number of anilines is 1. The molecule has 5 N–H and O–H groups in total. The van der Waals surface area contributed by atoms with Gasteiger partial charge >= 0.3 is 6.18 Å². The molecule has 0 aliphatic heterocycles. The largest absolute Gasteiger partial charge is 0.400 e. The van der Waals surface area contributed by atoms with Crippen molar-refractivity contribution in [2.24, 2.45) is 11.7 Å². The Bertz CT molecular complexity index is 1100. The summed E-state index contributed by atoms with van der Waals surface area (Å²) < 4.78 is 42.0. The van der Waals surface area contributed by atoms with Crippen LogP contribution in [0.4, 0.5) is 19.0 Å². The van der Waals surface area contributed by atoms with Crippen molar-refractivity contribution in [1.82, 2.24) is 14.5 Å². The zero-order valence-electron chi connectivity index (χ0n) is 15.8. The van der Waals surface area contributed by atoms with Crippen LogP contribution in [0.25, 0.3) is 16.9 Å². The molecule has 1 saturated carbocycles. The van der Waals surface area contributed by atoms with E-state index in [2.05, 4.69) is 9.97 Å². The lowest BCUT2D eigenvalue weighted by Crippen LogP contribution is -2.30. The first-order valence-corrected chi connectivity index (χ1v) is 9.11. The van der Waals surface area contributed by atoms with Crippen LogP contribution < -0.4 is 11.5 Å². The Hall–Kier alpha value is -2.88. The number of hydrogen-bond acceptors (Lipinski definition) is 5. The highest BCUT2D eigenvalue weighted by Gasteiger charge is 2.65. The van der Waals surface area contributed by atoms with Gasteiger partial charge in [-0.1, -0.05) is 19.1 Å². The summed E-state index contributed by atoms with van der Waals surface area (Å²) in [4.78, 5) is 20.5. The van der Waals surface area contributed by atoms with E-state index in [1.54, 1.807) is 26.0 Å². The van der Waals surface area contributed by atoms with Crippen LogP contribution in [-0.4, -0.2) is 37.8 Å². The van der Waals surface area contributed by atoms with Gasteiger partial charge in [0.15, 0.2) is 5.65 Å². The van der Waals surface area contributed by atoms with Crippen molar-refractivity contribution in [3.63, 3.8) is 0 Å². The molecule has 2 aromatic rings. The maximum atomic E-state index is 13.5. The number of rotatable bonds is 3. The van der Waals surface area contributed by atoms with Crippen molar-refractivity contribution < 1.29 is 23.1 Å². The maximum Gasteiger partial charge on any atom is 0.400 e. The zero-order valence-corrected chi connectivity index (χ0v) is 15.8. The average Bonchev–Trinajstić information content (AvgIpc) is 3.39. The minimum Gasteiger partial charge on any atom is -0.388 e. The second-order valence-electron chi connectivity index (χ2n) is 7.67. The number of carbonyl (C=O) groups is 1. The van der Waals surface area contributed by atoms with E-state index in [-0.39, 0.29) is 41.1 Å². The summed E-state index contributed by atoms with van der Waals surface area (Å²) in [6.07, 6.45) is -1.02. The summed E-state index contributed by atoms with van der Waals surface area (Å²) >= 11 is 0. The number of hydrogen-bond donors (Lipinski definition) is 3. The molecular formula is C19H20F3N5O2. The first kappa shape index (κ1) is 19.4. The summed E-state index contributed by atoms with van der Waals surface area (Å²) in [5.74, 6) is -1.37. The molecule has 2 aromatic heterocycles. The lowest BCUT2D eigenvalue weighted by atomic mass is 9.91. The van der Waals surface area contributed by atoms with Crippen molar-refractivity contribution in [1.29, 1.82) is 0 Å². The van der Waals surface area contributed by atoms with E-state index in [4.69, 9.17) is 11.5 Å². The van der Waals surface area contributed by atoms with Crippen LogP contribution >= 0.6 is 0 Å². The number of fused-ring (bicyclic) bond motifs is 1. The molecule has 0 radical (unpaired) electrons. The molecule has 1 unspecified atom stereocenters. The van der Waals surface area contributed by atoms with Gasteiger partial charge in [0.2, 0.25) is 0 Å². The molecule has 0 spiro atoms. The predicted molar refractivity (Wildman–Crippen MR) is 101 cm³/mol. The monoisotopic (exact) mass is 407 g/mol. The van der Waals surface area contributed by atoms with Gasteiger partial charge in [0.05, 0.1) is 18.0 Å². The Balaban J connectivity index is 2.01. The number of nitrogens with zero attached hydrogens (tertiary/aromatic N) is 3. The molecule has 0 bridgehead atoms. The van der Waals surface area contributed by atoms with Gasteiger partial charge in [-0.25, -0.2) is 9.97 Å². The molecule has 4 rings (SSSR count). The van der Waals surface area contributed by atoms with Gasteiger partial charge in [0, 0.05) is 11.6 Å². The third-order valence-electron chi connectivity index (χ3n) is 5.86. The van der Waals surface area contributed by atoms with Crippen LogP contribution in [0.15, 0.2) is 23.9 Å². The van der Waals surface area contributed by atoms with Crippen LogP contribution in [0.2, 0.25) is 0 Å². The summed E-state index contributed by atoms with van der Waals surface area (Å²) in [5.41, 5.74) is 10.6. The molecule has 154 valence electrons. The summed E-state index contributed by atoms with van der Waals surface area (Å²) in [6, 6.07) is 0. The van der Waals surface area contributed by atoms with E-state index in [1.165, 1.54) is 4.57 Å². The topological polar surface area (TPSA) is 120 Å². The fraction of sp³-hybridized carbons (Fsp3) is 0.421. The van der Waals surface area contributed by atoms with Crippen molar-refractivity contribution in [3.05, 3.63) is 35.2 Å². The number of primary amides is 1. The molecule has 2 aliphatic rings. The number of nitrogens with two attached hydrogens (primary N) is 2. The normalized spacial score (nSPS) is 23.7. The summed E-state index contributed by atoms with van der Waals surface area (Å²) in [7, 11) is 0. The van der Waals surface area contributed by atoms with Gasteiger partial charge < -0.3 is 16.6 Å². The minimum atomic E-state index is -4.47. The van der Waals surface area contributed by atoms with E-state index in [0.717, 1.165) is 11.8 Å². The standard InChI is InChI=1S/C19H20F3N5O2/c1-8-3-4-10(28)9(2)14(8)27-15(23)12(16(24)29)13-17(27)25-7-11(26-13)18(5-6-18)19(20,21)22/h3-4,7,9-10,28H,5-6,23H2,1-2H3,(H2,24,29)/t9?,10-/m1/s1. The second kappa shape index (κ2) is 6.06. The molecule has 1 amide bonds. The third kappa shape index (κ3) is 2.65. The molecule has 29 heavy (non-hydrogen) atoms. The number of halogens is 3. The lowest BCUT2D eigenvalue weighted by molar-refractivity contribution is -0.161. The fourth-order valence-corrected chi connectivity index (χ4v) is 3.98. The van der Waals surface area contributed by atoms with Crippen molar-refractivity contribution >= 4 is 28.6 Å². The lowest BCUT2D eigenvalue weighted by Gasteiger charge is -2.27. The third-order valence-corrected chi connectivity index (χ3v) is 5.86. The van der Waals surface area contributed by atoms with Gasteiger partial charge in [0.1, 0.15) is 22.3 Å². The van der Waals surface area contributed by atoms with Crippen LogP contribution in [0.3, 0.4) is 0 Å². The van der Waals surface area contributed by atoms with Gasteiger partial charge in [-0.3, -0.25) is 9.36 Å². The highest BCUT2D eigenvalue weighted by molar-refractivity contribution is 6.10. The predicted octanol–water partition coefficient (Wildman–Crippen LogP) is 2.50. The Kier molecular flexibility index (Phi) is 4.06. The van der Waals surface area contributed by atoms with Crippen molar-refractivity contribution in [3.8, 4) is 0 Å². The Labute approximate surface area is 163 Å². The van der Waals surface area contributed by atoms with Gasteiger partial charge in [0.25, 0.3) is 5.91 Å². The van der Waals surface area contributed by atoms with E-state index in [9.17, 15) is 23.1 Å². The van der Waals surface area contributed by atoms with Crippen molar-refractivity contribution in [2.45, 2.75) is 44.4 Å². The quantitative estimate of drug-likeness (QED) is 0.722. The highest BCUT2D eigenvalue weighted by Crippen LogP contribution is 2.58. The van der Waals surface area contributed by atoms with E-state index < -0.39 is 29.5 Å². The van der Waals surface area contributed by atoms with Crippen LogP contribution in [0, 0.1) is 5.92 Å². The van der Waals surface area contributed by atoms with Gasteiger partial charge in [-0.15, -0.1) is 0 Å². The molecule has 0 aromatic carbocycles. The Morgan fingerprint density at radius 3 is 2.59 bits per heavy atom. The number of aromatic nitrogens is 3. The van der Waals surface area contributed by atoms with E-state index >= 15 is 0 Å². The zero-order chi connectivity index (χ0) is 21.3. The molecule has 2 aliphatic carbocycles. The number of allylic oxidation sites excluding steroid dienone is 2. The number of alkyl halides is 3. The van der Waals surface area contributed by atoms with Crippen molar-refractivity contribution in [2.75, 3.05) is 5.73 Å². The van der Waals surface area contributed by atoms with Crippen LogP contribution in [0.1, 0.15) is 42.7 Å². The molecule has 7 nitrogen and oxygen atoms in total. The smallest absolute Gasteiger partial charge is 0.388 e. The number of nitrogen functional groups attached to an aromatic ring is 1. The molecule has 2 heterocycles. The van der Waals surface area contributed by atoms with Crippen LogP contribution in [-0.2, 0) is 5.41 Å². The minimum absolute atomic E-state index is 0.0646. The Morgan fingerprint density at radius 1 is 1.38 bits per heavy atom. The van der Waals surface area contributed by atoms with E-state index in [1.807, 2.05) is 0 Å². The SMILES string of the molecule is CC1=C(n2c(N)c(C(N)=O)c3nc(C4(C(F)(F)F)CC4)cnc32)C(C)[C@H](O)C=C1. The number of carbonyl (C=O) groups excluding carboxylic acids is 1. The molecule has 1 fully saturated rings. The summed E-state index contributed by atoms with van der Waals surface area (Å²) in [6.45, 7) is 3.57. The molecule has 0 saturated heterocycles. The van der Waals surface area contributed by atoms with E-state index in [0.29, 0.717) is 5.70 Å². The van der Waals surface area contributed by atoms with Gasteiger partial charge in [-0.05, 0) is 25.3 Å². The first-order chi connectivity index (χ1) is 13.5. The summed E-state index contributed by atoms with van der Waals surface area (Å²) in [5, 5.41) is 10.2. The first-order valence-electron chi connectivity index (χ1n) is 9.11.